The number of thiazole rings is 1. The molecule has 0 bridgehead atoms. The molecule has 18 heteroatoms. The lowest BCUT2D eigenvalue weighted by Gasteiger charge is -2.53. The summed E-state index contributed by atoms with van der Waals surface area (Å²) in [6.45, 7) is 0.292. The molecule has 2 saturated heterocycles. The lowest BCUT2D eigenvalue weighted by molar-refractivity contribution is -0.157. The molecule has 2 fully saturated rings. The minimum Gasteiger partial charge on any atom is -0.481 e. The van der Waals surface area contributed by atoms with Crippen molar-refractivity contribution in [2.45, 2.75) is 16.6 Å². The van der Waals surface area contributed by atoms with Crippen LogP contribution in [0.2, 0.25) is 0 Å². The van der Waals surface area contributed by atoms with Gasteiger partial charge in [0.2, 0.25) is 11.1 Å². The van der Waals surface area contributed by atoms with E-state index in [2.05, 4.69) is 31.0 Å². The fourth-order valence-electron chi connectivity index (χ4n) is 3.43. The van der Waals surface area contributed by atoms with Crippen molar-refractivity contribution in [3.05, 3.63) is 11.1 Å². The van der Waals surface area contributed by atoms with Gasteiger partial charge in [-0.1, -0.05) is 16.9 Å². The van der Waals surface area contributed by atoms with E-state index in [1.54, 1.807) is 12.4 Å². The topological polar surface area (TPSA) is 217 Å². The third-order valence-electron chi connectivity index (χ3n) is 5.29. The van der Waals surface area contributed by atoms with Crippen LogP contribution in [0.4, 0.5) is 5.13 Å². The second kappa shape index (κ2) is 10.3. The Morgan fingerprint density at radius 1 is 1.49 bits per heavy atom. The Kier molecular flexibility index (Phi) is 7.43. The van der Waals surface area contributed by atoms with Crippen LogP contribution in [0.1, 0.15) is 5.69 Å². The molecule has 0 aromatic carbocycles. The molecule has 15 nitrogen and oxygen atoms in total. The van der Waals surface area contributed by atoms with Gasteiger partial charge < -0.3 is 31.6 Å². The summed E-state index contributed by atoms with van der Waals surface area (Å²) in [6, 6.07) is -0.842. The van der Waals surface area contributed by atoms with Gasteiger partial charge in [-0.05, 0) is 10.4 Å². The number of hydrogen-bond acceptors (Lipinski definition) is 14. The van der Waals surface area contributed by atoms with Crippen LogP contribution >= 0.6 is 34.9 Å². The van der Waals surface area contributed by atoms with E-state index in [1.165, 1.54) is 33.1 Å². The van der Waals surface area contributed by atoms with Gasteiger partial charge in [-0.15, -0.1) is 28.2 Å². The molecule has 35 heavy (non-hydrogen) atoms. The zero-order valence-electron chi connectivity index (χ0n) is 18.4. The lowest BCUT2D eigenvalue weighted by Crippen LogP contribution is -2.74. The number of rotatable bonds is 10. The van der Waals surface area contributed by atoms with Gasteiger partial charge in [0.25, 0.3) is 5.91 Å². The molecule has 2 unspecified atom stereocenters. The number of β-lactam (4-membered cyclic amide) rings is 1. The van der Waals surface area contributed by atoms with Gasteiger partial charge in [0.1, 0.15) is 29.1 Å². The van der Waals surface area contributed by atoms with Gasteiger partial charge in [0.05, 0.1) is 0 Å². The van der Waals surface area contributed by atoms with Gasteiger partial charge in [0, 0.05) is 37.0 Å². The first-order valence-electron chi connectivity index (χ1n) is 10.2. The van der Waals surface area contributed by atoms with Crippen LogP contribution in [-0.2, 0) is 26.3 Å². The number of nitrogen functional groups attached to an aromatic ring is 1. The zero-order valence-corrected chi connectivity index (χ0v) is 20.8. The molecule has 2 aliphatic heterocycles. The minimum atomic E-state index is -1.19. The molecule has 4 heterocycles. The number of hydrogen-bond donors (Lipinski definition) is 4. The SMILES string of the molecule is Cn1nnnc1SCC1(C(=O)O)CS[C@@H]2C(NC(=O)C(=NOCCN)c3csc(N)n3)C(=O)N2C1. The van der Waals surface area contributed by atoms with Crippen molar-refractivity contribution >= 4 is 63.5 Å². The lowest BCUT2D eigenvalue weighted by atomic mass is 9.89. The maximum absolute atomic E-state index is 12.9. The molecule has 0 aliphatic carbocycles. The quantitative estimate of drug-likeness (QED) is 0.0857. The summed E-state index contributed by atoms with van der Waals surface area (Å²) in [6.07, 6.45) is 0. The van der Waals surface area contributed by atoms with Crippen LogP contribution in [0.3, 0.4) is 0 Å². The Balaban J connectivity index is 1.43. The number of oxime groups is 1. The number of nitrogens with zero attached hydrogens (tertiary/aromatic N) is 7. The standard InChI is InChI=1S/C17H22N10O5S3/c1-26-16(22-24-25-26)35-7-17(14(30)31)5-27-12(29)10(13(27)34-6-17)21-11(28)9(23-32-3-2-18)8-4-33-15(19)20-8/h4,10,13H,2-3,5-7,18H2,1H3,(H2,19,20)(H,21,28)(H,30,31)/t10?,13-,17?/m1/s1. The number of aromatic nitrogens is 5. The molecule has 2 aliphatic rings. The third kappa shape index (κ3) is 5.04. The van der Waals surface area contributed by atoms with E-state index in [9.17, 15) is 19.5 Å². The molecular weight excluding hydrogens is 520 g/mol. The summed E-state index contributed by atoms with van der Waals surface area (Å²) in [5, 5.41) is 29.5. The fraction of sp³-hybridized carbons (Fsp3) is 0.529. The summed E-state index contributed by atoms with van der Waals surface area (Å²) in [5.74, 6) is -1.64. The Morgan fingerprint density at radius 2 is 2.29 bits per heavy atom. The first-order valence-corrected chi connectivity index (χ1v) is 13.1. The highest BCUT2D eigenvalue weighted by Gasteiger charge is 2.57. The number of anilines is 1. The first kappa shape index (κ1) is 25.1. The highest BCUT2D eigenvalue weighted by molar-refractivity contribution is 8.00. The van der Waals surface area contributed by atoms with Crippen molar-refractivity contribution in [3.63, 3.8) is 0 Å². The Hall–Kier alpha value is -2.96. The molecule has 2 aromatic heterocycles. The predicted octanol–water partition coefficient (Wildman–Crippen LogP) is -1.81. The van der Waals surface area contributed by atoms with Gasteiger partial charge in [-0.25, -0.2) is 9.67 Å². The Morgan fingerprint density at radius 3 is 2.91 bits per heavy atom. The van der Waals surface area contributed by atoms with Crippen LogP contribution < -0.4 is 16.8 Å². The Labute approximate surface area is 211 Å². The number of amides is 2. The monoisotopic (exact) mass is 542 g/mol. The number of carboxylic acids is 1. The van der Waals surface area contributed by atoms with E-state index < -0.39 is 28.7 Å². The van der Waals surface area contributed by atoms with Crippen molar-refractivity contribution in [1.29, 1.82) is 0 Å². The molecule has 3 atom stereocenters. The van der Waals surface area contributed by atoms with E-state index in [-0.39, 0.29) is 53.6 Å². The molecule has 6 N–H and O–H groups in total. The molecule has 2 aromatic rings. The van der Waals surface area contributed by atoms with E-state index in [0.29, 0.717) is 5.16 Å². The number of carbonyl (C=O) groups excluding carboxylic acids is 2. The van der Waals surface area contributed by atoms with Gasteiger partial charge in [-0.2, -0.15) is 0 Å². The predicted molar refractivity (Wildman–Crippen MR) is 128 cm³/mol. The van der Waals surface area contributed by atoms with E-state index in [4.69, 9.17) is 16.3 Å². The fourth-order valence-corrected chi connectivity index (χ4v) is 6.68. The van der Waals surface area contributed by atoms with E-state index in [1.807, 2.05) is 0 Å². The number of tetrazole rings is 1. The third-order valence-corrected chi connectivity index (χ3v) is 8.85. The van der Waals surface area contributed by atoms with Crippen molar-refractivity contribution < 1.29 is 24.3 Å². The smallest absolute Gasteiger partial charge is 0.313 e. The number of carbonyl (C=O) groups is 3. The first-order chi connectivity index (χ1) is 16.8. The molecule has 2 amide bonds. The van der Waals surface area contributed by atoms with E-state index >= 15 is 0 Å². The minimum absolute atomic E-state index is 0.00661. The highest BCUT2D eigenvalue weighted by Crippen LogP contribution is 2.44. The molecule has 0 radical (unpaired) electrons. The second-order valence-electron chi connectivity index (χ2n) is 7.71. The van der Waals surface area contributed by atoms with Crippen LogP contribution in [0.15, 0.2) is 15.7 Å². The highest BCUT2D eigenvalue weighted by atomic mass is 32.2. The largest absolute Gasteiger partial charge is 0.481 e. The van der Waals surface area contributed by atoms with Crippen LogP contribution in [0.25, 0.3) is 0 Å². The van der Waals surface area contributed by atoms with Crippen LogP contribution in [0.5, 0.6) is 0 Å². The molecule has 0 spiro atoms. The summed E-state index contributed by atoms with van der Waals surface area (Å²) in [5.41, 5.74) is 9.95. The average Bonchev–Trinajstić information content (AvgIpc) is 3.46. The maximum Gasteiger partial charge on any atom is 0.313 e. The second-order valence-corrected chi connectivity index (χ2v) is 10.6. The number of thioether (sulfide) groups is 2. The average molecular weight is 543 g/mol. The number of fused-ring (bicyclic) bond motifs is 1. The zero-order chi connectivity index (χ0) is 25.2. The number of carboxylic acid groups (broad SMARTS) is 1. The number of aliphatic carboxylic acids is 1. The molecule has 4 rings (SSSR count). The van der Waals surface area contributed by atoms with Gasteiger partial charge in [0.15, 0.2) is 10.8 Å². The van der Waals surface area contributed by atoms with Crippen LogP contribution in [-0.4, -0.2) is 101 Å². The number of aryl methyl sites for hydroxylation is 1. The van der Waals surface area contributed by atoms with Gasteiger partial charge >= 0.3 is 5.97 Å². The maximum atomic E-state index is 12.9. The van der Waals surface area contributed by atoms with Crippen molar-refractivity contribution in [3.8, 4) is 0 Å². The van der Waals surface area contributed by atoms with Crippen molar-refractivity contribution in [2.75, 3.05) is 36.9 Å². The molecule has 188 valence electrons. The number of nitrogens with one attached hydrogen (secondary N) is 1. The van der Waals surface area contributed by atoms with E-state index in [0.717, 1.165) is 11.3 Å². The van der Waals surface area contributed by atoms with Crippen molar-refractivity contribution in [2.24, 2.45) is 23.4 Å². The summed E-state index contributed by atoms with van der Waals surface area (Å²) in [7, 11) is 1.66. The van der Waals surface area contributed by atoms with Crippen LogP contribution in [0, 0.1) is 5.41 Å². The molecular formula is C17H22N10O5S3. The Bertz CT molecular complexity index is 1160. The summed E-state index contributed by atoms with van der Waals surface area (Å²) >= 11 is 3.63. The summed E-state index contributed by atoms with van der Waals surface area (Å²) < 4.78 is 1.45. The van der Waals surface area contributed by atoms with Gasteiger partial charge in [-0.3, -0.25) is 14.4 Å². The summed E-state index contributed by atoms with van der Waals surface area (Å²) in [4.78, 5) is 48.6. The molecule has 0 saturated carbocycles. The normalized spacial score (nSPS) is 24.0. The number of nitrogens with two attached hydrogens (primary N) is 2. The van der Waals surface area contributed by atoms with Crippen molar-refractivity contribution in [1.82, 2.24) is 35.4 Å².